The standard InChI is InChI=1S/C17H18INO3/c1-12(11-22-16-8-6-15(21-2)7-9-16)19-17(20)13-4-3-5-14(18)10-13/h3-10,12H,11H2,1-2H3,(H,19,20)/t12-/m0/s1. The molecule has 2 rings (SSSR count). The van der Waals surface area contributed by atoms with E-state index in [-0.39, 0.29) is 11.9 Å². The van der Waals surface area contributed by atoms with Crippen LogP contribution in [-0.2, 0) is 0 Å². The van der Waals surface area contributed by atoms with E-state index in [2.05, 4.69) is 27.9 Å². The zero-order valence-corrected chi connectivity index (χ0v) is 14.7. The number of amides is 1. The molecule has 116 valence electrons. The maximum atomic E-state index is 12.1. The second-order valence-corrected chi connectivity index (χ2v) is 6.12. The highest BCUT2D eigenvalue weighted by Gasteiger charge is 2.10. The van der Waals surface area contributed by atoms with Gasteiger partial charge in [0.25, 0.3) is 5.91 Å². The van der Waals surface area contributed by atoms with Gasteiger partial charge in [0.05, 0.1) is 13.2 Å². The molecular weight excluding hydrogens is 393 g/mol. The minimum absolute atomic E-state index is 0.0903. The van der Waals surface area contributed by atoms with Crippen LogP contribution in [0, 0.1) is 3.57 Å². The molecule has 0 saturated heterocycles. The average Bonchev–Trinajstić information content (AvgIpc) is 2.53. The topological polar surface area (TPSA) is 47.6 Å². The first-order valence-corrected chi connectivity index (χ1v) is 7.99. The Morgan fingerprint density at radius 3 is 2.50 bits per heavy atom. The first kappa shape index (κ1) is 16.6. The lowest BCUT2D eigenvalue weighted by molar-refractivity contribution is 0.0926. The maximum absolute atomic E-state index is 12.1. The third-order valence-corrected chi connectivity index (χ3v) is 3.69. The molecule has 1 atom stereocenters. The van der Waals surface area contributed by atoms with Crippen molar-refractivity contribution in [3.63, 3.8) is 0 Å². The maximum Gasteiger partial charge on any atom is 0.251 e. The summed E-state index contributed by atoms with van der Waals surface area (Å²) in [6.45, 7) is 2.32. The van der Waals surface area contributed by atoms with Gasteiger partial charge in [-0.05, 0) is 72.0 Å². The van der Waals surface area contributed by atoms with E-state index in [9.17, 15) is 4.79 Å². The third-order valence-electron chi connectivity index (χ3n) is 3.02. The minimum atomic E-state index is -0.0932. The van der Waals surface area contributed by atoms with Gasteiger partial charge in [0, 0.05) is 9.13 Å². The molecular formula is C17H18INO3. The Balaban J connectivity index is 1.84. The minimum Gasteiger partial charge on any atom is -0.497 e. The van der Waals surface area contributed by atoms with Gasteiger partial charge in [-0.25, -0.2) is 0 Å². The van der Waals surface area contributed by atoms with Crippen molar-refractivity contribution in [2.24, 2.45) is 0 Å². The fourth-order valence-corrected chi connectivity index (χ4v) is 2.41. The Bertz CT molecular complexity index is 628. The molecule has 0 aliphatic heterocycles. The lowest BCUT2D eigenvalue weighted by atomic mass is 10.2. The summed E-state index contributed by atoms with van der Waals surface area (Å²) in [7, 11) is 1.62. The molecule has 0 spiro atoms. The Kier molecular flexibility index (Phi) is 6.06. The summed E-state index contributed by atoms with van der Waals surface area (Å²) in [4.78, 5) is 12.1. The van der Waals surface area contributed by atoms with Crippen molar-refractivity contribution in [2.75, 3.05) is 13.7 Å². The van der Waals surface area contributed by atoms with E-state index in [1.165, 1.54) is 0 Å². The highest BCUT2D eigenvalue weighted by molar-refractivity contribution is 14.1. The van der Waals surface area contributed by atoms with E-state index >= 15 is 0 Å². The van der Waals surface area contributed by atoms with Crippen molar-refractivity contribution in [3.8, 4) is 11.5 Å². The molecule has 4 nitrogen and oxygen atoms in total. The van der Waals surface area contributed by atoms with E-state index in [4.69, 9.17) is 9.47 Å². The van der Waals surface area contributed by atoms with Crippen LogP contribution in [0.2, 0.25) is 0 Å². The Morgan fingerprint density at radius 1 is 1.18 bits per heavy atom. The van der Waals surface area contributed by atoms with Gasteiger partial charge < -0.3 is 14.8 Å². The second kappa shape index (κ2) is 8.03. The predicted octanol–water partition coefficient (Wildman–Crippen LogP) is 3.50. The van der Waals surface area contributed by atoms with Crippen molar-refractivity contribution in [1.29, 1.82) is 0 Å². The second-order valence-electron chi connectivity index (χ2n) is 4.87. The highest BCUT2D eigenvalue weighted by Crippen LogP contribution is 2.17. The summed E-state index contributed by atoms with van der Waals surface area (Å²) in [5.41, 5.74) is 0.656. The molecule has 0 unspecified atom stereocenters. The molecule has 5 heteroatoms. The van der Waals surface area contributed by atoms with Gasteiger partial charge in [0.1, 0.15) is 18.1 Å². The normalized spacial score (nSPS) is 11.6. The summed E-state index contributed by atoms with van der Waals surface area (Å²) in [5.74, 6) is 1.44. The van der Waals surface area contributed by atoms with Gasteiger partial charge >= 0.3 is 0 Å². The van der Waals surface area contributed by atoms with Crippen molar-refractivity contribution >= 4 is 28.5 Å². The van der Waals surface area contributed by atoms with E-state index in [1.54, 1.807) is 13.2 Å². The zero-order valence-electron chi connectivity index (χ0n) is 12.5. The largest absolute Gasteiger partial charge is 0.497 e. The molecule has 0 fully saturated rings. The predicted molar refractivity (Wildman–Crippen MR) is 94.6 cm³/mol. The molecule has 2 aromatic rings. The lowest BCUT2D eigenvalue weighted by Gasteiger charge is -2.15. The molecule has 0 bridgehead atoms. The van der Waals surface area contributed by atoms with E-state index in [0.29, 0.717) is 12.2 Å². The molecule has 0 saturated carbocycles. The van der Waals surface area contributed by atoms with Crippen LogP contribution in [0.15, 0.2) is 48.5 Å². The van der Waals surface area contributed by atoms with Crippen LogP contribution in [0.5, 0.6) is 11.5 Å². The third kappa shape index (κ3) is 4.91. The van der Waals surface area contributed by atoms with Crippen LogP contribution in [0.1, 0.15) is 17.3 Å². The number of nitrogens with one attached hydrogen (secondary N) is 1. The first-order valence-electron chi connectivity index (χ1n) is 6.92. The number of hydrogen-bond donors (Lipinski definition) is 1. The van der Waals surface area contributed by atoms with Gasteiger partial charge in [0.15, 0.2) is 0 Å². The summed E-state index contributed by atoms with van der Waals surface area (Å²) >= 11 is 2.19. The Morgan fingerprint density at radius 2 is 1.86 bits per heavy atom. The van der Waals surface area contributed by atoms with E-state index in [1.807, 2.05) is 49.4 Å². The number of carbonyl (C=O) groups excluding carboxylic acids is 1. The van der Waals surface area contributed by atoms with Crippen LogP contribution >= 0.6 is 22.6 Å². The van der Waals surface area contributed by atoms with Gasteiger partial charge in [-0.2, -0.15) is 0 Å². The molecule has 22 heavy (non-hydrogen) atoms. The van der Waals surface area contributed by atoms with Crippen LogP contribution in [0.4, 0.5) is 0 Å². The summed E-state index contributed by atoms with van der Waals surface area (Å²) < 4.78 is 11.8. The first-order chi connectivity index (χ1) is 10.6. The zero-order chi connectivity index (χ0) is 15.9. The summed E-state index contributed by atoms with van der Waals surface area (Å²) in [5, 5.41) is 2.92. The quantitative estimate of drug-likeness (QED) is 0.741. The van der Waals surface area contributed by atoms with Gasteiger partial charge in [-0.1, -0.05) is 6.07 Å². The molecule has 0 aliphatic carbocycles. The molecule has 1 N–H and O–H groups in total. The number of methoxy groups -OCH3 is 1. The number of rotatable bonds is 6. The van der Waals surface area contributed by atoms with Gasteiger partial charge in [-0.3, -0.25) is 4.79 Å². The van der Waals surface area contributed by atoms with Crippen LogP contribution in [0.25, 0.3) is 0 Å². The average molecular weight is 411 g/mol. The van der Waals surface area contributed by atoms with Crippen LogP contribution in [-0.4, -0.2) is 25.7 Å². The molecule has 2 aromatic carbocycles. The van der Waals surface area contributed by atoms with Crippen molar-refractivity contribution in [2.45, 2.75) is 13.0 Å². The Labute approximate surface area is 144 Å². The fraction of sp³-hybridized carbons (Fsp3) is 0.235. The van der Waals surface area contributed by atoms with Gasteiger partial charge in [0.2, 0.25) is 0 Å². The van der Waals surface area contributed by atoms with E-state index in [0.717, 1.165) is 15.1 Å². The number of hydrogen-bond acceptors (Lipinski definition) is 3. The molecule has 0 aliphatic rings. The highest BCUT2D eigenvalue weighted by atomic mass is 127. The SMILES string of the molecule is COc1ccc(OC[C@H](C)NC(=O)c2cccc(I)c2)cc1. The monoisotopic (exact) mass is 411 g/mol. The molecule has 0 heterocycles. The molecule has 0 aromatic heterocycles. The number of carbonyl (C=O) groups is 1. The smallest absolute Gasteiger partial charge is 0.251 e. The van der Waals surface area contributed by atoms with Crippen molar-refractivity contribution < 1.29 is 14.3 Å². The lowest BCUT2D eigenvalue weighted by Crippen LogP contribution is -2.36. The number of halogens is 1. The number of ether oxygens (including phenoxy) is 2. The van der Waals surface area contributed by atoms with Crippen molar-refractivity contribution in [1.82, 2.24) is 5.32 Å². The molecule has 1 amide bonds. The fourth-order valence-electron chi connectivity index (χ4n) is 1.87. The number of benzene rings is 2. The summed E-state index contributed by atoms with van der Waals surface area (Å²) in [6, 6.07) is 14.7. The van der Waals surface area contributed by atoms with Crippen molar-refractivity contribution in [3.05, 3.63) is 57.7 Å². The molecule has 0 radical (unpaired) electrons. The van der Waals surface area contributed by atoms with E-state index < -0.39 is 0 Å². The Hall–Kier alpha value is -1.76. The summed E-state index contributed by atoms with van der Waals surface area (Å²) in [6.07, 6.45) is 0. The van der Waals surface area contributed by atoms with Crippen LogP contribution in [0.3, 0.4) is 0 Å². The van der Waals surface area contributed by atoms with Crippen LogP contribution < -0.4 is 14.8 Å². The van der Waals surface area contributed by atoms with Gasteiger partial charge in [-0.15, -0.1) is 0 Å².